The molecule has 0 atom stereocenters. The van der Waals surface area contributed by atoms with E-state index in [1.807, 2.05) is 11.9 Å². The first-order valence-electron chi connectivity index (χ1n) is 7.57. The average Bonchev–Trinajstić information content (AvgIpc) is 2.59. The summed E-state index contributed by atoms with van der Waals surface area (Å²) in [6.45, 7) is 5.94. The Labute approximate surface area is 131 Å². The summed E-state index contributed by atoms with van der Waals surface area (Å²) >= 11 is 0. The van der Waals surface area contributed by atoms with Gasteiger partial charge in [0, 0.05) is 18.7 Å². The van der Waals surface area contributed by atoms with Crippen molar-refractivity contribution in [3.8, 4) is 11.5 Å². The summed E-state index contributed by atoms with van der Waals surface area (Å²) in [6, 6.07) is 5.57. The predicted octanol–water partition coefficient (Wildman–Crippen LogP) is 2.08. The van der Waals surface area contributed by atoms with Gasteiger partial charge in [-0.05, 0) is 44.1 Å². The van der Waals surface area contributed by atoms with Gasteiger partial charge in [0.15, 0.2) is 11.5 Å². The Morgan fingerprint density at radius 2 is 2.14 bits per heavy atom. The van der Waals surface area contributed by atoms with Crippen LogP contribution in [0.5, 0.6) is 11.5 Å². The monoisotopic (exact) mass is 304 g/mol. The molecular weight excluding hydrogens is 280 g/mol. The van der Waals surface area contributed by atoms with E-state index in [-0.39, 0.29) is 11.9 Å². The minimum Gasteiger partial charge on any atom is -0.493 e. The molecule has 1 N–H and O–H groups in total. The van der Waals surface area contributed by atoms with E-state index in [0.717, 1.165) is 25.9 Å². The van der Waals surface area contributed by atoms with Crippen LogP contribution in [0.4, 0.5) is 0 Å². The molecule has 1 heterocycles. The van der Waals surface area contributed by atoms with Gasteiger partial charge in [0.1, 0.15) is 6.61 Å². The zero-order valence-corrected chi connectivity index (χ0v) is 13.3. The van der Waals surface area contributed by atoms with Crippen molar-refractivity contribution in [2.45, 2.75) is 18.9 Å². The first-order valence-corrected chi connectivity index (χ1v) is 7.57. The van der Waals surface area contributed by atoms with Gasteiger partial charge in [-0.25, -0.2) is 0 Å². The summed E-state index contributed by atoms with van der Waals surface area (Å²) < 4.78 is 10.8. The van der Waals surface area contributed by atoms with E-state index in [9.17, 15) is 4.79 Å². The normalized spacial score (nSPS) is 15.2. The van der Waals surface area contributed by atoms with Gasteiger partial charge >= 0.3 is 0 Å². The third kappa shape index (κ3) is 3.80. The Balaban J connectivity index is 2.13. The van der Waals surface area contributed by atoms with Gasteiger partial charge in [-0.1, -0.05) is 12.7 Å². The number of piperidine rings is 1. The highest BCUT2D eigenvalue weighted by atomic mass is 16.5. The van der Waals surface area contributed by atoms with Gasteiger partial charge in [-0.3, -0.25) is 4.79 Å². The van der Waals surface area contributed by atoms with Crippen molar-refractivity contribution in [1.82, 2.24) is 10.2 Å². The van der Waals surface area contributed by atoms with Gasteiger partial charge in [0.2, 0.25) is 0 Å². The van der Waals surface area contributed by atoms with Crippen molar-refractivity contribution in [3.63, 3.8) is 0 Å². The smallest absolute Gasteiger partial charge is 0.253 e. The van der Waals surface area contributed by atoms with Gasteiger partial charge < -0.3 is 19.7 Å². The highest BCUT2D eigenvalue weighted by Crippen LogP contribution is 2.29. The lowest BCUT2D eigenvalue weighted by Crippen LogP contribution is -2.43. The van der Waals surface area contributed by atoms with Gasteiger partial charge in [0.05, 0.1) is 7.11 Å². The Bertz CT molecular complexity index is 525. The molecule has 0 unspecified atom stereocenters. The fraction of sp³-hybridized carbons (Fsp3) is 0.471. The summed E-state index contributed by atoms with van der Waals surface area (Å²) in [5, 5.41) is 3.31. The van der Waals surface area contributed by atoms with E-state index in [1.54, 1.807) is 31.4 Å². The molecule has 120 valence electrons. The van der Waals surface area contributed by atoms with Crippen LogP contribution in [0.1, 0.15) is 23.2 Å². The summed E-state index contributed by atoms with van der Waals surface area (Å²) in [6.07, 6.45) is 3.64. The van der Waals surface area contributed by atoms with Crippen molar-refractivity contribution in [3.05, 3.63) is 36.4 Å². The molecule has 2 rings (SSSR count). The third-order valence-electron chi connectivity index (χ3n) is 3.94. The Morgan fingerprint density at radius 3 is 2.77 bits per heavy atom. The zero-order valence-electron chi connectivity index (χ0n) is 13.3. The molecule has 1 aliphatic heterocycles. The van der Waals surface area contributed by atoms with Crippen molar-refractivity contribution >= 4 is 5.91 Å². The number of carbonyl (C=O) groups is 1. The van der Waals surface area contributed by atoms with Crippen molar-refractivity contribution in [2.75, 3.05) is 33.9 Å². The maximum atomic E-state index is 12.6. The zero-order chi connectivity index (χ0) is 15.9. The molecule has 1 saturated heterocycles. The second-order valence-electron chi connectivity index (χ2n) is 5.36. The molecule has 5 heteroatoms. The molecule has 1 amide bonds. The lowest BCUT2D eigenvalue weighted by molar-refractivity contribution is 0.0703. The van der Waals surface area contributed by atoms with Crippen LogP contribution >= 0.6 is 0 Å². The average molecular weight is 304 g/mol. The molecule has 0 saturated carbocycles. The maximum Gasteiger partial charge on any atom is 0.253 e. The molecule has 22 heavy (non-hydrogen) atoms. The highest BCUT2D eigenvalue weighted by Gasteiger charge is 2.23. The molecule has 1 aromatic carbocycles. The number of nitrogens with zero attached hydrogens (tertiary/aromatic N) is 1. The van der Waals surface area contributed by atoms with E-state index < -0.39 is 0 Å². The molecule has 0 aliphatic carbocycles. The van der Waals surface area contributed by atoms with E-state index in [1.165, 1.54) is 0 Å². The number of carbonyl (C=O) groups excluding carboxylic acids is 1. The third-order valence-corrected chi connectivity index (χ3v) is 3.94. The first-order chi connectivity index (χ1) is 10.7. The van der Waals surface area contributed by atoms with E-state index >= 15 is 0 Å². The van der Waals surface area contributed by atoms with Gasteiger partial charge in [0.25, 0.3) is 5.91 Å². The molecule has 0 aromatic heterocycles. The number of rotatable bonds is 6. The van der Waals surface area contributed by atoms with Crippen LogP contribution < -0.4 is 14.8 Å². The molecule has 1 fully saturated rings. The number of nitrogens with one attached hydrogen (secondary N) is 1. The fourth-order valence-electron chi connectivity index (χ4n) is 2.63. The topological polar surface area (TPSA) is 50.8 Å². The summed E-state index contributed by atoms with van der Waals surface area (Å²) in [4.78, 5) is 14.5. The van der Waals surface area contributed by atoms with Crippen LogP contribution in [0.25, 0.3) is 0 Å². The van der Waals surface area contributed by atoms with E-state index in [4.69, 9.17) is 9.47 Å². The SMILES string of the molecule is C=CCOc1ccc(C(=O)N(C)C2CCNCC2)cc1OC. The lowest BCUT2D eigenvalue weighted by Gasteiger charge is -2.31. The second kappa shape index (κ2) is 7.84. The van der Waals surface area contributed by atoms with E-state index in [0.29, 0.717) is 23.7 Å². The molecule has 1 aliphatic rings. The first kappa shape index (κ1) is 16.4. The lowest BCUT2D eigenvalue weighted by atomic mass is 10.0. The minimum atomic E-state index is 0.0143. The number of hydrogen-bond donors (Lipinski definition) is 1. The number of methoxy groups -OCH3 is 1. The van der Waals surface area contributed by atoms with Crippen molar-refractivity contribution < 1.29 is 14.3 Å². The standard InChI is InChI=1S/C17H24N2O3/c1-4-11-22-15-6-5-13(12-16(15)21-3)17(20)19(2)14-7-9-18-10-8-14/h4-6,12,14,18H,1,7-11H2,2-3H3. The summed E-state index contributed by atoms with van der Waals surface area (Å²) in [5.74, 6) is 1.19. The fourth-order valence-corrected chi connectivity index (χ4v) is 2.63. The molecule has 1 aromatic rings. The largest absolute Gasteiger partial charge is 0.493 e. The molecule has 0 radical (unpaired) electrons. The van der Waals surface area contributed by atoms with Crippen LogP contribution in [-0.4, -0.2) is 50.7 Å². The molecule has 5 nitrogen and oxygen atoms in total. The van der Waals surface area contributed by atoms with Gasteiger partial charge in [-0.2, -0.15) is 0 Å². The quantitative estimate of drug-likeness (QED) is 0.818. The van der Waals surface area contributed by atoms with Gasteiger partial charge in [-0.15, -0.1) is 0 Å². The molecule has 0 bridgehead atoms. The van der Waals surface area contributed by atoms with Crippen molar-refractivity contribution in [2.24, 2.45) is 0 Å². The van der Waals surface area contributed by atoms with Crippen LogP contribution in [-0.2, 0) is 0 Å². The molecular formula is C17H24N2O3. The second-order valence-corrected chi connectivity index (χ2v) is 5.36. The van der Waals surface area contributed by atoms with E-state index in [2.05, 4.69) is 11.9 Å². The van der Waals surface area contributed by atoms with Crippen LogP contribution in [0.3, 0.4) is 0 Å². The van der Waals surface area contributed by atoms with Crippen LogP contribution in [0, 0.1) is 0 Å². The Morgan fingerprint density at radius 1 is 1.41 bits per heavy atom. The summed E-state index contributed by atoms with van der Waals surface area (Å²) in [5.41, 5.74) is 0.615. The minimum absolute atomic E-state index is 0.0143. The van der Waals surface area contributed by atoms with Crippen molar-refractivity contribution in [1.29, 1.82) is 0 Å². The summed E-state index contributed by atoms with van der Waals surface area (Å²) in [7, 11) is 3.44. The highest BCUT2D eigenvalue weighted by molar-refractivity contribution is 5.95. The predicted molar refractivity (Wildman–Crippen MR) is 86.7 cm³/mol. The van der Waals surface area contributed by atoms with Crippen LogP contribution in [0.2, 0.25) is 0 Å². The Kier molecular flexibility index (Phi) is 5.83. The number of hydrogen-bond acceptors (Lipinski definition) is 4. The maximum absolute atomic E-state index is 12.6. The number of amides is 1. The number of ether oxygens (including phenoxy) is 2. The van der Waals surface area contributed by atoms with Crippen LogP contribution in [0.15, 0.2) is 30.9 Å². The molecule has 0 spiro atoms. The Hall–Kier alpha value is -2.01. The number of benzene rings is 1.